The highest BCUT2D eigenvalue weighted by Crippen LogP contribution is 2.25. The first-order valence-electron chi connectivity index (χ1n) is 10.7. The lowest BCUT2D eigenvalue weighted by Gasteiger charge is -2.08. The molecule has 7 heteroatoms. The van der Waals surface area contributed by atoms with Gasteiger partial charge in [0.25, 0.3) is 0 Å². The predicted molar refractivity (Wildman–Crippen MR) is 138 cm³/mol. The van der Waals surface area contributed by atoms with Crippen LogP contribution in [0.25, 0.3) is 0 Å². The quantitative estimate of drug-likeness (QED) is 0.177. The fourth-order valence-electron chi connectivity index (χ4n) is 3.11. The molecule has 0 saturated heterocycles. The Kier molecular flexibility index (Phi) is 7.96. The van der Waals surface area contributed by atoms with E-state index in [9.17, 15) is 0 Å². The van der Waals surface area contributed by atoms with E-state index in [1.54, 1.807) is 11.8 Å². The van der Waals surface area contributed by atoms with Gasteiger partial charge >= 0.3 is 0 Å². The number of halogens is 1. The third-order valence-electron chi connectivity index (χ3n) is 4.86. The highest BCUT2D eigenvalue weighted by Gasteiger charge is 2.15. The van der Waals surface area contributed by atoms with Crippen LogP contribution < -0.4 is 4.74 Å². The molecular weight excluding hydrogens is 496 g/mol. The lowest BCUT2D eigenvalue weighted by Crippen LogP contribution is -2.02. The summed E-state index contributed by atoms with van der Waals surface area (Å²) in [5.74, 6) is 2.64. The van der Waals surface area contributed by atoms with Gasteiger partial charge in [0.15, 0.2) is 5.82 Å². The van der Waals surface area contributed by atoms with Gasteiger partial charge in [0.05, 0.1) is 6.21 Å². The Morgan fingerprint density at radius 3 is 2.52 bits per heavy atom. The second-order valence-electron chi connectivity index (χ2n) is 7.81. The normalized spacial score (nSPS) is 11.4. The maximum atomic E-state index is 5.95. The van der Waals surface area contributed by atoms with Crippen LogP contribution in [0.15, 0.2) is 93.6 Å². The molecule has 0 aliphatic carbocycles. The number of thioether (sulfide) groups is 1. The average Bonchev–Trinajstić information content (AvgIpc) is 3.25. The summed E-state index contributed by atoms with van der Waals surface area (Å²) >= 11 is 5.10. The van der Waals surface area contributed by atoms with Gasteiger partial charge in [0.2, 0.25) is 5.16 Å². The average molecular weight is 521 g/mol. The molecule has 0 N–H and O–H groups in total. The van der Waals surface area contributed by atoms with E-state index in [1.807, 2.05) is 65.5 Å². The van der Waals surface area contributed by atoms with Gasteiger partial charge in [-0.3, -0.25) is 0 Å². The van der Waals surface area contributed by atoms with Crippen LogP contribution in [-0.4, -0.2) is 21.1 Å². The van der Waals surface area contributed by atoms with Crippen LogP contribution in [-0.2, 0) is 12.4 Å². The zero-order chi connectivity index (χ0) is 23.0. The number of nitrogens with zero attached hydrogens (tertiary/aromatic N) is 4. The van der Waals surface area contributed by atoms with E-state index in [1.165, 1.54) is 5.56 Å². The topological polar surface area (TPSA) is 52.3 Å². The van der Waals surface area contributed by atoms with E-state index >= 15 is 0 Å². The molecule has 0 bridgehead atoms. The lowest BCUT2D eigenvalue weighted by atomic mass is 10.2. The number of hydrogen-bond donors (Lipinski definition) is 0. The number of ether oxygens (including phenoxy) is 1. The molecule has 3 aromatic carbocycles. The van der Waals surface area contributed by atoms with E-state index in [0.717, 1.165) is 38.1 Å². The van der Waals surface area contributed by atoms with Gasteiger partial charge in [0, 0.05) is 16.1 Å². The first kappa shape index (κ1) is 23.3. The van der Waals surface area contributed by atoms with Crippen LogP contribution in [0.4, 0.5) is 0 Å². The van der Waals surface area contributed by atoms with E-state index in [4.69, 9.17) is 9.84 Å². The Morgan fingerprint density at radius 1 is 0.970 bits per heavy atom. The highest BCUT2D eigenvalue weighted by atomic mass is 79.9. The molecule has 4 aromatic rings. The molecule has 33 heavy (non-hydrogen) atoms. The molecule has 4 rings (SSSR count). The molecule has 5 nitrogen and oxygen atoms in total. The van der Waals surface area contributed by atoms with E-state index in [0.29, 0.717) is 6.61 Å². The van der Waals surface area contributed by atoms with Crippen LogP contribution in [0.2, 0.25) is 0 Å². The molecule has 0 unspecified atom stereocenters. The smallest absolute Gasteiger partial charge is 0.212 e. The summed E-state index contributed by atoms with van der Waals surface area (Å²) in [5, 5.41) is 14.3. The van der Waals surface area contributed by atoms with Crippen LogP contribution in [0.5, 0.6) is 5.75 Å². The molecule has 0 aliphatic heterocycles. The third-order valence-corrected chi connectivity index (χ3v) is 6.38. The van der Waals surface area contributed by atoms with Crippen LogP contribution in [0.1, 0.15) is 42.3 Å². The van der Waals surface area contributed by atoms with Crippen LogP contribution in [0, 0.1) is 0 Å². The van der Waals surface area contributed by atoms with Crippen molar-refractivity contribution in [3.05, 3.63) is 106 Å². The Hall–Kier alpha value is -2.90. The zero-order valence-electron chi connectivity index (χ0n) is 18.6. The second kappa shape index (κ2) is 11.3. The molecule has 1 heterocycles. The highest BCUT2D eigenvalue weighted by molar-refractivity contribution is 9.10. The fourth-order valence-corrected chi connectivity index (χ4v) is 4.23. The third kappa shape index (κ3) is 6.55. The van der Waals surface area contributed by atoms with Gasteiger partial charge in [-0.25, -0.2) is 0 Å². The van der Waals surface area contributed by atoms with Gasteiger partial charge in [-0.2, -0.15) is 9.78 Å². The van der Waals surface area contributed by atoms with Crippen molar-refractivity contribution >= 4 is 33.9 Å². The van der Waals surface area contributed by atoms with Crippen molar-refractivity contribution in [1.29, 1.82) is 0 Å². The van der Waals surface area contributed by atoms with Crippen molar-refractivity contribution < 1.29 is 4.74 Å². The Balaban J connectivity index is 1.48. The zero-order valence-corrected chi connectivity index (χ0v) is 21.0. The van der Waals surface area contributed by atoms with Gasteiger partial charge in [-0.05, 0) is 41.0 Å². The molecule has 0 spiro atoms. The van der Waals surface area contributed by atoms with Crippen LogP contribution in [0.3, 0.4) is 0 Å². The molecule has 168 valence electrons. The maximum Gasteiger partial charge on any atom is 0.212 e. The molecule has 0 atom stereocenters. The van der Waals surface area contributed by atoms with Gasteiger partial charge in [0.1, 0.15) is 12.4 Å². The van der Waals surface area contributed by atoms with E-state index in [-0.39, 0.29) is 5.92 Å². The monoisotopic (exact) mass is 520 g/mol. The number of hydrogen-bond acceptors (Lipinski definition) is 5. The molecular formula is C26H25BrN4OS. The predicted octanol–water partition coefficient (Wildman–Crippen LogP) is 6.92. The molecule has 1 aromatic heterocycles. The summed E-state index contributed by atoms with van der Waals surface area (Å²) in [4.78, 5) is 0. The minimum atomic E-state index is 0.206. The molecule has 0 amide bonds. The van der Waals surface area contributed by atoms with Crippen molar-refractivity contribution in [1.82, 2.24) is 14.9 Å². The summed E-state index contributed by atoms with van der Waals surface area (Å²) in [7, 11) is 0. The first-order valence-corrected chi connectivity index (χ1v) is 12.5. The summed E-state index contributed by atoms with van der Waals surface area (Å²) in [6.45, 7) is 4.72. The Morgan fingerprint density at radius 2 is 1.76 bits per heavy atom. The van der Waals surface area contributed by atoms with Gasteiger partial charge in [-0.15, -0.1) is 10.2 Å². The first-order chi connectivity index (χ1) is 16.1. The Bertz CT molecular complexity index is 1210. The summed E-state index contributed by atoms with van der Waals surface area (Å²) in [6.07, 6.45) is 1.83. The molecule has 0 saturated carbocycles. The van der Waals surface area contributed by atoms with Crippen molar-refractivity contribution in [3.63, 3.8) is 0 Å². The fraction of sp³-hybridized carbons (Fsp3) is 0.192. The summed E-state index contributed by atoms with van der Waals surface area (Å²) in [6, 6.07) is 26.4. The number of benzene rings is 3. The van der Waals surface area contributed by atoms with Gasteiger partial charge in [-0.1, -0.05) is 96.1 Å². The molecule has 0 aliphatic rings. The minimum Gasteiger partial charge on any atom is -0.489 e. The molecule has 0 radical (unpaired) electrons. The van der Waals surface area contributed by atoms with Crippen molar-refractivity contribution in [2.24, 2.45) is 5.10 Å². The van der Waals surface area contributed by atoms with Gasteiger partial charge < -0.3 is 4.74 Å². The molecule has 0 fully saturated rings. The number of aromatic nitrogens is 3. The van der Waals surface area contributed by atoms with E-state index < -0.39 is 0 Å². The maximum absolute atomic E-state index is 5.95. The Labute approximate surface area is 207 Å². The van der Waals surface area contributed by atoms with E-state index in [2.05, 4.69) is 64.2 Å². The lowest BCUT2D eigenvalue weighted by molar-refractivity contribution is 0.306. The second-order valence-corrected chi connectivity index (χ2v) is 9.67. The number of rotatable bonds is 9. The SMILES string of the molecule is CC(C)c1nnc(SCc2ccc(Br)cc2)n1/N=C/c1cccc(OCc2ccccc2)c1. The largest absolute Gasteiger partial charge is 0.489 e. The minimum absolute atomic E-state index is 0.206. The summed E-state index contributed by atoms with van der Waals surface area (Å²) in [5.41, 5.74) is 3.30. The standard InChI is InChI=1S/C26H25BrN4OS/c1-19(2)25-29-30-26(33-18-21-11-13-23(27)14-12-21)31(25)28-16-22-9-6-10-24(15-22)32-17-20-7-4-3-5-8-20/h3-16,19H,17-18H2,1-2H3/b28-16+. The van der Waals surface area contributed by atoms with Crippen molar-refractivity contribution in [2.45, 2.75) is 37.3 Å². The summed E-state index contributed by atoms with van der Waals surface area (Å²) < 4.78 is 8.86. The van der Waals surface area contributed by atoms with Crippen molar-refractivity contribution in [3.8, 4) is 5.75 Å². The van der Waals surface area contributed by atoms with Crippen LogP contribution >= 0.6 is 27.7 Å². The van der Waals surface area contributed by atoms with Crippen molar-refractivity contribution in [2.75, 3.05) is 0 Å².